The van der Waals surface area contributed by atoms with Gasteiger partial charge in [-0.05, 0) is 30.7 Å². The van der Waals surface area contributed by atoms with Crippen molar-refractivity contribution in [2.75, 3.05) is 0 Å². The lowest BCUT2D eigenvalue weighted by Crippen LogP contribution is -1.95. The van der Waals surface area contributed by atoms with Gasteiger partial charge in [-0.2, -0.15) is 0 Å². The van der Waals surface area contributed by atoms with Crippen molar-refractivity contribution < 1.29 is 4.74 Å². The highest BCUT2D eigenvalue weighted by atomic mass is 16.5. The van der Waals surface area contributed by atoms with Gasteiger partial charge in [0.2, 0.25) is 0 Å². The van der Waals surface area contributed by atoms with Gasteiger partial charge in [0.25, 0.3) is 0 Å². The van der Waals surface area contributed by atoms with Crippen LogP contribution >= 0.6 is 0 Å². The highest BCUT2D eigenvalue weighted by Gasteiger charge is 1.95. The molecule has 1 aromatic carbocycles. The van der Waals surface area contributed by atoms with Gasteiger partial charge in [0, 0.05) is 18.0 Å². The fourth-order valence-corrected chi connectivity index (χ4v) is 1.36. The molecular weight excluding hydrogens is 186 g/mol. The summed E-state index contributed by atoms with van der Waals surface area (Å²) in [5.74, 6) is 0.902. The summed E-state index contributed by atoms with van der Waals surface area (Å²) in [6.45, 7) is 2.62. The lowest BCUT2D eigenvalue weighted by Gasteiger charge is -2.06. The van der Waals surface area contributed by atoms with Crippen LogP contribution in [0.1, 0.15) is 11.1 Å². The summed E-state index contributed by atoms with van der Waals surface area (Å²) in [5.41, 5.74) is 2.29. The van der Waals surface area contributed by atoms with Crippen molar-refractivity contribution in [1.82, 2.24) is 4.98 Å². The molecule has 0 atom stereocenters. The summed E-state index contributed by atoms with van der Waals surface area (Å²) in [5, 5.41) is 0. The van der Waals surface area contributed by atoms with Crippen molar-refractivity contribution in [2.24, 2.45) is 0 Å². The maximum absolute atomic E-state index is 5.63. The average Bonchev–Trinajstić information content (AvgIpc) is 2.28. The molecule has 0 bridgehead atoms. The molecule has 0 saturated carbocycles. The second kappa shape index (κ2) is 4.60. The van der Waals surface area contributed by atoms with Crippen molar-refractivity contribution in [3.8, 4) is 5.75 Å². The molecule has 2 heteroatoms. The molecule has 0 radical (unpaired) electrons. The van der Waals surface area contributed by atoms with E-state index in [1.807, 2.05) is 36.5 Å². The Kier molecular flexibility index (Phi) is 2.98. The lowest BCUT2D eigenvalue weighted by atomic mass is 10.2. The fraction of sp³-hybridized carbons (Fsp3) is 0.154. The van der Waals surface area contributed by atoms with E-state index in [0.717, 1.165) is 11.3 Å². The van der Waals surface area contributed by atoms with E-state index in [1.165, 1.54) is 5.56 Å². The van der Waals surface area contributed by atoms with Crippen molar-refractivity contribution in [3.05, 3.63) is 59.9 Å². The van der Waals surface area contributed by atoms with Gasteiger partial charge < -0.3 is 4.74 Å². The predicted molar refractivity (Wildman–Crippen MR) is 59.7 cm³/mol. The Morgan fingerprint density at radius 2 is 2.13 bits per heavy atom. The molecule has 0 aliphatic carbocycles. The first-order valence-corrected chi connectivity index (χ1v) is 4.93. The van der Waals surface area contributed by atoms with Gasteiger partial charge in [0.15, 0.2) is 0 Å². The summed E-state index contributed by atoms with van der Waals surface area (Å²) in [6, 6.07) is 11.9. The highest BCUT2D eigenvalue weighted by Crippen LogP contribution is 2.13. The molecule has 0 amide bonds. The van der Waals surface area contributed by atoms with Gasteiger partial charge in [0.1, 0.15) is 12.4 Å². The molecule has 0 N–H and O–H groups in total. The number of nitrogens with zero attached hydrogens (tertiary/aromatic N) is 1. The zero-order valence-corrected chi connectivity index (χ0v) is 8.68. The quantitative estimate of drug-likeness (QED) is 0.758. The number of benzene rings is 1. The van der Waals surface area contributed by atoms with E-state index in [0.29, 0.717) is 6.61 Å². The number of hydrogen-bond acceptors (Lipinski definition) is 2. The first kappa shape index (κ1) is 9.71. The Morgan fingerprint density at radius 3 is 2.87 bits per heavy atom. The zero-order valence-electron chi connectivity index (χ0n) is 8.68. The van der Waals surface area contributed by atoms with Crippen LogP contribution in [-0.2, 0) is 6.61 Å². The number of aryl methyl sites for hydroxylation is 1. The van der Waals surface area contributed by atoms with Crippen LogP contribution in [0.4, 0.5) is 0 Å². The molecule has 15 heavy (non-hydrogen) atoms. The molecule has 1 heterocycles. The zero-order chi connectivity index (χ0) is 10.5. The third-order valence-electron chi connectivity index (χ3n) is 2.12. The number of hydrogen-bond donors (Lipinski definition) is 0. The molecule has 2 nitrogen and oxygen atoms in total. The fourth-order valence-electron chi connectivity index (χ4n) is 1.36. The van der Waals surface area contributed by atoms with E-state index in [1.54, 1.807) is 6.20 Å². The summed E-state index contributed by atoms with van der Waals surface area (Å²) in [7, 11) is 0. The van der Waals surface area contributed by atoms with E-state index in [-0.39, 0.29) is 0 Å². The monoisotopic (exact) mass is 199 g/mol. The van der Waals surface area contributed by atoms with E-state index in [4.69, 9.17) is 4.74 Å². The minimum Gasteiger partial charge on any atom is -0.489 e. The molecule has 0 aliphatic heterocycles. The lowest BCUT2D eigenvalue weighted by molar-refractivity contribution is 0.305. The van der Waals surface area contributed by atoms with E-state index >= 15 is 0 Å². The minimum absolute atomic E-state index is 0.567. The molecular formula is C13H13NO. The van der Waals surface area contributed by atoms with Gasteiger partial charge >= 0.3 is 0 Å². The molecule has 2 rings (SSSR count). The highest BCUT2D eigenvalue weighted by molar-refractivity contribution is 5.27. The molecule has 0 aliphatic rings. The topological polar surface area (TPSA) is 22.1 Å². The van der Waals surface area contributed by atoms with Crippen LogP contribution in [0, 0.1) is 6.92 Å². The Hall–Kier alpha value is -1.83. The molecule has 2 aromatic rings. The van der Waals surface area contributed by atoms with Crippen LogP contribution in [0.3, 0.4) is 0 Å². The number of rotatable bonds is 3. The standard InChI is InChI=1S/C13H13NO/c1-11-4-2-6-13(8-11)15-10-12-5-3-7-14-9-12/h2-9H,10H2,1H3. The molecule has 1 aromatic heterocycles. The third-order valence-corrected chi connectivity index (χ3v) is 2.12. The van der Waals surface area contributed by atoms with Crippen LogP contribution in [0.2, 0.25) is 0 Å². The summed E-state index contributed by atoms with van der Waals surface area (Å²) in [6.07, 6.45) is 3.58. The summed E-state index contributed by atoms with van der Waals surface area (Å²) in [4.78, 5) is 4.03. The Bertz CT molecular complexity index is 426. The Labute approximate surface area is 89.6 Å². The van der Waals surface area contributed by atoms with Crippen molar-refractivity contribution in [1.29, 1.82) is 0 Å². The second-order valence-electron chi connectivity index (χ2n) is 3.47. The van der Waals surface area contributed by atoms with E-state index in [9.17, 15) is 0 Å². The summed E-state index contributed by atoms with van der Waals surface area (Å²) < 4.78 is 5.63. The van der Waals surface area contributed by atoms with Crippen molar-refractivity contribution >= 4 is 0 Å². The number of ether oxygens (including phenoxy) is 1. The first-order chi connectivity index (χ1) is 7.34. The SMILES string of the molecule is Cc1cccc(OCc2cccnc2)c1. The van der Waals surface area contributed by atoms with Crippen molar-refractivity contribution in [3.63, 3.8) is 0 Å². The van der Waals surface area contributed by atoms with Gasteiger partial charge in [-0.25, -0.2) is 0 Å². The van der Waals surface area contributed by atoms with E-state index in [2.05, 4.69) is 18.0 Å². The largest absolute Gasteiger partial charge is 0.489 e. The molecule has 0 spiro atoms. The van der Waals surface area contributed by atoms with Crippen LogP contribution in [0.5, 0.6) is 5.75 Å². The van der Waals surface area contributed by atoms with Crippen LogP contribution < -0.4 is 4.74 Å². The summed E-state index contributed by atoms with van der Waals surface area (Å²) >= 11 is 0. The molecule has 0 saturated heterocycles. The van der Waals surface area contributed by atoms with E-state index < -0.39 is 0 Å². The van der Waals surface area contributed by atoms with Gasteiger partial charge in [-0.1, -0.05) is 18.2 Å². The Morgan fingerprint density at radius 1 is 1.20 bits per heavy atom. The first-order valence-electron chi connectivity index (χ1n) is 4.93. The molecule has 0 unspecified atom stereocenters. The van der Waals surface area contributed by atoms with Crippen molar-refractivity contribution in [2.45, 2.75) is 13.5 Å². The third kappa shape index (κ3) is 2.81. The minimum atomic E-state index is 0.567. The number of aromatic nitrogens is 1. The van der Waals surface area contributed by atoms with Gasteiger partial charge in [-0.3, -0.25) is 4.98 Å². The van der Waals surface area contributed by atoms with Crippen LogP contribution in [0.25, 0.3) is 0 Å². The normalized spacial score (nSPS) is 9.93. The van der Waals surface area contributed by atoms with Gasteiger partial charge in [-0.15, -0.1) is 0 Å². The smallest absolute Gasteiger partial charge is 0.120 e. The number of pyridine rings is 1. The second-order valence-corrected chi connectivity index (χ2v) is 3.47. The maximum Gasteiger partial charge on any atom is 0.120 e. The molecule has 0 fully saturated rings. The maximum atomic E-state index is 5.63. The average molecular weight is 199 g/mol. The van der Waals surface area contributed by atoms with Gasteiger partial charge in [0.05, 0.1) is 0 Å². The Balaban J connectivity index is 1.99. The van der Waals surface area contributed by atoms with Crippen LogP contribution in [0.15, 0.2) is 48.8 Å². The van der Waals surface area contributed by atoms with Crippen LogP contribution in [-0.4, -0.2) is 4.98 Å². The molecule has 76 valence electrons. The predicted octanol–water partition coefficient (Wildman–Crippen LogP) is 2.97.